The second-order valence-electron chi connectivity index (χ2n) is 4.00. The largest absolute Gasteiger partial charge is 0.240 e. The molecule has 17 heavy (non-hydrogen) atoms. The van der Waals surface area contributed by atoms with E-state index in [9.17, 15) is 0 Å². The van der Waals surface area contributed by atoms with Gasteiger partial charge in [-0.2, -0.15) is 0 Å². The first kappa shape index (κ1) is 9.97. The quantitative estimate of drug-likeness (QED) is 0.662. The summed E-state index contributed by atoms with van der Waals surface area (Å²) in [6.07, 6.45) is 2.49. The van der Waals surface area contributed by atoms with Crippen LogP contribution in [0.3, 0.4) is 0 Å². The number of aromatic nitrogens is 2. The average Bonchev–Trinajstić information content (AvgIpc) is 2.40. The molecule has 0 saturated heterocycles. The Hall–Kier alpha value is -2.22. The Balaban J connectivity index is 2.06. The zero-order valence-corrected chi connectivity index (χ0v) is 9.38. The van der Waals surface area contributed by atoms with Crippen molar-refractivity contribution in [3.8, 4) is 0 Å². The van der Waals surface area contributed by atoms with Crippen LogP contribution in [0.25, 0.3) is 10.9 Å². The zero-order chi connectivity index (χ0) is 11.5. The molecule has 2 heteroatoms. The highest BCUT2D eigenvalue weighted by Gasteiger charge is 2.03. The molecule has 3 aromatic rings. The van der Waals surface area contributed by atoms with Gasteiger partial charge in [-0.05, 0) is 11.6 Å². The molecule has 1 heterocycles. The Morgan fingerprint density at radius 3 is 2.41 bits per heavy atom. The SMILES string of the molecule is c1ccc(Cc2ncnc3ccccc23)cc1. The second-order valence-corrected chi connectivity index (χ2v) is 4.00. The van der Waals surface area contributed by atoms with Gasteiger partial charge in [0.15, 0.2) is 0 Å². The van der Waals surface area contributed by atoms with Crippen LogP contribution in [-0.4, -0.2) is 9.97 Å². The van der Waals surface area contributed by atoms with Gasteiger partial charge in [0, 0.05) is 11.8 Å². The molecule has 0 bridgehead atoms. The first-order valence-electron chi connectivity index (χ1n) is 5.66. The molecule has 0 aliphatic carbocycles. The van der Waals surface area contributed by atoms with Crippen molar-refractivity contribution >= 4 is 10.9 Å². The molecule has 0 radical (unpaired) electrons. The number of benzene rings is 2. The van der Waals surface area contributed by atoms with Gasteiger partial charge in [0.25, 0.3) is 0 Å². The van der Waals surface area contributed by atoms with E-state index >= 15 is 0 Å². The Morgan fingerprint density at radius 2 is 1.53 bits per heavy atom. The molecule has 82 valence electrons. The summed E-state index contributed by atoms with van der Waals surface area (Å²) in [6.45, 7) is 0. The van der Waals surface area contributed by atoms with Crippen LogP contribution in [0.1, 0.15) is 11.3 Å². The van der Waals surface area contributed by atoms with Crippen molar-refractivity contribution in [1.82, 2.24) is 9.97 Å². The number of para-hydroxylation sites is 1. The van der Waals surface area contributed by atoms with Gasteiger partial charge < -0.3 is 0 Å². The summed E-state index contributed by atoms with van der Waals surface area (Å²) >= 11 is 0. The third kappa shape index (κ3) is 2.02. The van der Waals surface area contributed by atoms with Gasteiger partial charge in [-0.25, -0.2) is 9.97 Å². The number of nitrogens with zero attached hydrogens (tertiary/aromatic N) is 2. The van der Waals surface area contributed by atoms with Crippen molar-refractivity contribution in [2.24, 2.45) is 0 Å². The molecule has 0 N–H and O–H groups in total. The number of hydrogen-bond donors (Lipinski definition) is 0. The first-order valence-corrected chi connectivity index (χ1v) is 5.66. The highest BCUT2D eigenvalue weighted by atomic mass is 14.8. The highest BCUT2D eigenvalue weighted by Crippen LogP contribution is 2.17. The first-order chi connectivity index (χ1) is 8.43. The molecule has 0 aliphatic heterocycles. The molecule has 0 spiro atoms. The molecule has 0 amide bonds. The molecular weight excluding hydrogens is 208 g/mol. The second kappa shape index (κ2) is 4.34. The van der Waals surface area contributed by atoms with E-state index in [0.717, 1.165) is 23.0 Å². The number of fused-ring (bicyclic) bond motifs is 1. The maximum absolute atomic E-state index is 4.39. The molecule has 2 aromatic carbocycles. The maximum atomic E-state index is 4.39. The lowest BCUT2D eigenvalue weighted by molar-refractivity contribution is 1.06. The van der Waals surface area contributed by atoms with E-state index in [1.54, 1.807) is 6.33 Å². The lowest BCUT2D eigenvalue weighted by Gasteiger charge is -2.04. The van der Waals surface area contributed by atoms with Crippen LogP contribution in [0.5, 0.6) is 0 Å². The predicted octanol–water partition coefficient (Wildman–Crippen LogP) is 3.22. The van der Waals surface area contributed by atoms with E-state index in [-0.39, 0.29) is 0 Å². The highest BCUT2D eigenvalue weighted by molar-refractivity contribution is 5.80. The third-order valence-electron chi connectivity index (χ3n) is 2.84. The van der Waals surface area contributed by atoms with Crippen LogP contribution >= 0.6 is 0 Å². The van der Waals surface area contributed by atoms with Crippen molar-refractivity contribution in [3.63, 3.8) is 0 Å². The zero-order valence-electron chi connectivity index (χ0n) is 9.38. The van der Waals surface area contributed by atoms with Crippen molar-refractivity contribution in [3.05, 3.63) is 72.2 Å². The van der Waals surface area contributed by atoms with E-state index in [4.69, 9.17) is 0 Å². The number of rotatable bonds is 2. The molecular formula is C15H12N2. The Labute approximate surface area is 100.0 Å². The Kier molecular flexibility index (Phi) is 2.54. The summed E-state index contributed by atoms with van der Waals surface area (Å²) in [4.78, 5) is 8.66. The minimum atomic E-state index is 0.851. The van der Waals surface area contributed by atoms with Gasteiger partial charge in [0.1, 0.15) is 6.33 Å². The molecule has 2 nitrogen and oxygen atoms in total. The van der Waals surface area contributed by atoms with Crippen LogP contribution < -0.4 is 0 Å². The van der Waals surface area contributed by atoms with Crippen molar-refractivity contribution in [2.45, 2.75) is 6.42 Å². The van der Waals surface area contributed by atoms with Crippen molar-refractivity contribution in [1.29, 1.82) is 0 Å². The normalized spacial score (nSPS) is 10.6. The van der Waals surface area contributed by atoms with Gasteiger partial charge in [-0.15, -0.1) is 0 Å². The molecule has 1 aromatic heterocycles. The third-order valence-corrected chi connectivity index (χ3v) is 2.84. The fourth-order valence-electron chi connectivity index (χ4n) is 1.99. The Morgan fingerprint density at radius 1 is 0.765 bits per heavy atom. The topological polar surface area (TPSA) is 25.8 Å². The lowest BCUT2D eigenvalue weighted by atomic mass is 10.1. The molecule has 0 atom stereocenters. The van der Waals surface area contributed by atoms with E-state index in [1.807, 2.05) is 24.3 Å². The fourth-order valence-corrected chi connectivity index (χ4v) is 1.99. The van der Waals surface area contributed by atoms with Gasteiger partial charge in [-0.3, -0.25) is 0 Å². The van der Waals surface area contributed by atoms with E-state index in [2.05, 4.69) is 40.3 Å². The van der Waals surface area contributed by atoms with E-state index in [1.165, 1.54) is 5.56 Å². The minimum Gasteiger partial charge on any atom is -0.240 e. The minimum absolute atomic E-state index is 0.851. The average molecular weight is 220 g/mol. The standard InChI is InChI=1S/C15H12N2/c1-2-6-12(7-3-1)10-15-13-8-4-5-9-14(13)16-11-17-15/h1-9,11H,10H2. The lowest BCUT2D eigenvalue weighted by Crippen LogP contribution is -1.94. The summed E-state index contributed by atoms with van der Waals surface area (Å²) in [6, 6.07) is 18.5. The van der Waals surface area contributed by atoms with Crippen molar-refractivity contribution in [2.75, 3.05) is 0 Å². The van der Waals surface area contributed by atoms with Crippen LogP contribution in [0.2, 0.25) is 0 Å². The molecule has 0 aliphatic rings. The van der Waals surface area contributed by atoms with Gasteiger partial charge in [0.2, 0.25) is 0 Å². The summed E-state index contributed by atoms with van der Waals surface area (Å²) < 4.78 is 0. The summed E-state index contributed by atoms with van der Waals surface area (Å²) in [5.74, 6) is 0. The van der Waals surface area contributed by atoms with Crippen LogP contribution in [0.15, 0.2) is 60.9 Å². The van der Waals surface area contributed by atoms with Gasteiger partial charge >= 0.3 is 0 Å². The van der Waals surface area contributed by atoms with Crippen LogP contribution in [0.4, 0.5) is 0 Å². The monoisotopic (exact) mass is 220 g/mol. The fraction of sp³-hybridized carbons (Fsp3) is 0.0667. The molecule has 0 unspecified atom stereocenters. The maximum Gasteiger partial charge on any atom is 0.116 e. The Bertz CT molecular complexity index is 627. The van der Waals surface area contributed by atoms with Crippen LogP contribution in [-0.2, 0) is 6.42 Å². The summed E-state index contributed by atoms with van der Waals surface area (Å²) in [7, 11) is 0. The van der Waals surface area contributed by atoms with Gasteiger partial charge in [0.05, 0.1) is 11.2 Å². The summed E-state index contributed by atoms with van der Waals surface area (Å²) in [5.41, 5.74) is 3.37. The predicted molar refractivity (Wildman–Crippen MR) is 68.8 cm³/mol. The van der Waals surface area contributed by atoms with E-state index < -0.39 is 0 Å². The van der Waals surface area contributed by atoms with E-state index in [0.29, 0.717) is 0 Å². The van der Waals surface area contributed by atoms with Gasteiger partial charge in [-0.1, -0.05) is 48.5 Å². The number of hydrogen-bond acceptors (Lipinski definition) is 2. The molecule has 0 saturated carbocycles. The summed E-state index contributed by atoms with van der Waals surface area (Å²) in [5, 5.41) is 1.14. The molecule has 3 rings (SSSR count). The molecule has 0 fully saturated rings. The smallest absolute Gasteiger partial charge is 0.116 e. The van der Waals surface area contributed by atoms with Crippen LogP contribution in [0, 0.1) is 0 Å². The van der Waals surface area contributed by atoms with Crippen molar-refractivity contribution < 1.29 is 0 Å².